The van der Waals surface area contributed by atoms with Crippen LogP contribution in [0.15, 0.2) is 48.5 Å². The molecule has 0 aliphatic rings. The highest BCUT2D eigenvalue weighted by molar-refractivity contribution is 7.92. The fraction of sp³-hybridized carbons (Fsp3) is 0.235. The molecule has 0 aromatic heterocycles. The fourth-order valence-electron chi connectivity index (χ4n) is 2.28. The molecule has 0 saturated heterocycles. The summed E-state index contributed by atoms with van der Waals surface area (Å²) >= 11 is 0. The standard InChI is InChI=1S/C17H17F4N3O3S/c1-28(26,27)24(14-5-3-2-4-6-14)11-13-8-7-12(9-15(13)18)10-22-23-16(25)17(19,20)21/h2-9,22H,10-11H2,1H3,(H,23,25). The first-order valence-corrected chi connectivity index (χ1v) is 9.73. The van der Waals surface area contributed by atoms with Crippen molar-refractivity contribution in [1.29, 1.82) is 0 Å². The summed E-state index contributed by atoms with van der Waals surface area (Å²) in [5.74, 6) is -2.90. The SMILES string of the molecule is CS(=O)(=O)N(Cc1ccc(CNNC(=O)C(F)(F)F)cc1F)c1ccccc1. The van der Waals surface area contributed by atoms with Crippen LogP contribution >= 0.6 is 0 Å². The summed E-state index contributed by atoms with van der Waals surface area (Å²) in [4.78, 5) is 10.7. The Morgan fingerprint density at radius 2 is 1.75 bits per heavy atom. The first-order valence-electron chi connectivity index (χ1n) is 7.88. The minimum absolute atomic E-state index is 0.0809. The number of nitrogens with one attached hydrogen (secondary N) is 2. The van der Waals surface area contributed by atoms with Gasteiger partial charge in [-0.1, -0.05) is 30.3 Å². The molecular formula is C17H17F4N3O3S. The number of sulfonamides is 1. The summed E-state index contributed by atoms with van der Waals surface area (Å²) in [6.07, 6.45) is -4.03. The van der Waals surface area contributed by atoms with E-state index in [0.29, 0.717) is 5.69 Å². The highest BCUT2D eigenvalue weighted by atomic mass is 32.2. The zero-order valence-electron chi connectivity index (χ0n) is 14.6. The van der Waals surface area contributed by atoms with Gasteiger partial charge in [0.1, 0.15) is 5.82 Å². The van der Waals surface area contributed by atoms with Gasteiger partial charge in [0.2, 0.25) is 10.0 Å². The van der Waals surface area contributed by atoms with Crippen molar-refractivity contribution >= 4 is 21.6 Å². The predicted octanol–water partition coefficient (Wildman–Crippen LogP) is 2.48. The Labute approximate surface area is 159 Å². The average molecular weight is 419 g/mol. The number of para-hydroxylation sites is 1. The highest BCUT2D eigenvalue weighted by Crippen LogP contribution is 2.22. The van der Waals surface area contributed by atoms with E-state index >= 15 is 0 Å². The Kier molecular flexibility index (Phi) is 6.62. The van der Waals surface area contributed by atoms with Crippen LogP contribution in [0.5, 0.6) is 0 Å². The second-order valence-electron chi connectivity index (χ2n) is 5.84. The van der Waals surface area contributed by atoms with E-state index in [-0.39, 0.29) is 24.2 Å². The summed E-state index contributed by atoms with van der Waals surface area (Å²) < 4.78 is 75.8. The number of hydrogen-bond acceptors (Lipinski definition) is 4. The van der Waals surface area contributed by atoms with E-state index < -0.39 is 27.9 Å². The lowest BCUT2D eigenvalue weighted by atomic mass is 10.1. The average Bonchev–Trinajstić information content (AvgIpc) is 2.59. The maximum absolute atomic E-state index is 14.4. The molecular weight excluding hydrogens is 402 g/mol. The molecule has 1 amide bonds. The van der Waals surface area contributed by atoms with Gasteiger partial charge in [0.05, 0.1) is 18.5 Å². The Morgan fingerprint density at radius 3 is 2.29 bits per heavy atom. The summed E-state index contributed by atoms with van der Waals surface area (Å²) in [5, 5.41) is 0. The number of hydrazine groups is 1. The lowest BCUT2D eigenvalue weighted by Crippen LogP contribution is -2.44. The molecule has 28 heavy (non-hydrogen) atoms. The maximum Gasteiger partial charge on any atom is 0.472 e. The minimum atomic E-state index is -5.03. The van der Waals surface area contributed by atoms with Crippen LogP contribution in [0.25, 0.3) is 0 Å². The number of rotatable bonds is 7. The molecule has 0 saturated carbocycles. The van der Waals surface area contributed by atoms with Crippen LogP contribution in [0.4, 0.5) is 23.2 Å². The molecule has 0 atom stereocenters. The van der Waals surface area contributed by atoms with Gasteiger partial charge in [0, 0.05) is 12.1 Å². The van der Waals surface area contributed by atoms with Crippen molar-refractivity contribution in [2.45, 2.75) is 19.3 Å². The van der Waals surface area contributed by atoms with E-state index in [9.17, 15) is 30.8 Å². The van der Waals surface area contributed by atoms with Crippen LogP contribution in [-0.4, -0.2) is 26.8 Å². The molecule has 0 aliphatic carbocycles. The molecule has 6 nitrogen and oxygen atoms in total. The van der Waals surface area contributed by atoms with Crippen molar-refractivity contribution in [3.63, 3.8) is 0 Å². The van der Waals surface area contributed by atoms with Crippen molar-refractivity contribution in [3.8, 4) is 0 Å². The number of hydrogen-bond donors (Lipinski definition) is 2. The third-order valence-corrected chi connectivity index (χ3v) is 4.77. The smallest absolute Gasteiger partial charge is 0.283 e. The number of benzene rings is 2. The van der Waals surface area contributed by atoms with E-state index in [2.05, 4.69) is 5.43 Å². The van der Waals surface area contributed by atoms with Gasteiger partial charge in [-0.15, -0.1) is 0 Å². The Bertz CT molecular complexity index is 934. The zero-order chi connectivity index (χ0) is 20.9. The number of nitrogens with zero attached hydrogens (tertiary/aromatic N) is 1. The fourth-order valence-corrected chi connectivity index (χ4v) is 3.15. The summed E-state index contributed by atoms with van der Waals surface area (Å²) in [5.41, 5.74) is 4.21. The van der Waals surface area contributed by atoms with Crippen LogP contribution < -0.4 is 15.2 Å². The van der Waals surface area contributed by atoms with Crippen molar-refractivity contribution < 1.29 is 30.8 Å². The van der Waals surface area contributed by atoms with E-state index in [4.69, 9.17) is 0 Å². The van der Waals surface area contributed by atoms with Gasteiger partial charge in [-0.05, 0) is 23.8 Å². The Morgan fingerprint density at radius 1 is 1.11 bits per heavy atom. The number of carbonyl (C=O) groups is 1. The van der Waals surface area contributed by atoms with Crippen LogP contribution in [0.1, 0.15) is 11.1 Å². The molecule has 11 heteroatoms. The van der Waals surface area contributed by atoms with Crippen LogP contribution in [-0.2, 0) is 27.9 Å². The Balaban J connectivity index is 2.10. The van der Waals surface area contributed by atoms with Gasteiger partial charge in [-0.2, -0.15) is 13.2 Å². The molecule has 0 radical (unpaired) electrons. The number of carbonyl (C=O) groups excluding carboxylic acids is 1. The topological polar surface area (TPSA) is 78.5 Å². The second-order valence-corrected chi connectivity index (χ2v) is 7.74. The third kappa shape index (κ3) is 5.92. The molecule has 0 spiro atoms. The summed E-state index contributed by atoms with van der Waals surface area (Å²) in [6.45, 7) is -0.513. The molecule has 0 aliphatic heterocycles. The van der Waals surface area contributed by atoms with Gasteiger partial charge >= 0.3 is 12.1 Å². The monoisotopic (exact) mass is 419 g/mol. The normalized spacial score (nSPS) is 11.9. The molecule has 0 fully saturated rings. The van der Waals surface area contributed by atoms with Crippen molar-refractivity contribution in [3.05, 3.63) is 65.5 Å². The van der Waals surface area contributed by atoms with Crippen LogP contribution in [0.3, 0.4) is 0 Å². The van der Waals surface area contributed by atoms with Crippen LogP contribution in [0, 0.1) is 5.82 Å². The molecule has 152 valence electrons. The lowest BCUT2D eigenvalue weighted by molar-refractivity contribution is -0.174. The molecule has 0 bridgehead atoms. The van der Waals surface area contributed by atoms with E-state index in [0.717, 1.165) is 16.6 Å². The molecule has 0 unspecified atom stereocenters. The largest absolute Gasteiger partial charge is 0.472 e. The first kappa shape index (κ1) is 21.6. The van der Waals surface area contributed by atoms with Crippen molar-refractivity contribution in [2.75, 3.05) is 10.6 Å². The van der Waals surface area contributed by atoms with Crippen LogP contribution in [0.2, 0.25) is 0 Å². The van der Waals surface area contributed by atoms with Gasteiger partial charge in [0.15, 0.2) is 0 Å². The highest BCUT2D eigenvalue weighted by Gasteiger charge is 2.38. The molecule has 2 aromatic carbocycles. The van der Waals surface area contributed by atoms with E-state index in [1.54, 1.807) is 30.3 Å². The Hall–Kier alpha value is -2.66. The molecule has 0 heterocycles. The molecule has 2 rings (SSSR count). The summed E-state index contributed by atoms with van der Waals surface area (Å²) in [7, 11) is -3.68. The van der Waals surface area contributed by atoms with Gasteiger partial charge in [-0.25, -0.2) is 18.2 Å². The number of amides is 1. The van der Waals surface area contributed by atoms with E-state index in [1.807, 2.05) is 0 Å². The van der Waals surface area contributed by atoms with Gasteiger partial charge in [0.25, 0.3) is 0 Å². The maximum atomic E-state index is 14.4. The minimum Gasteiger partial charge on any atom is -0.283 e. The number of anilines is 1. The van der Waals surface area contributed by atoms with E-state index in [1.165, 1.54) is 17.6 Å². The van der Waals surface area contributed by atoms with Gasteiger partial charge in [-0.3, -0.25) is 14.5 Å². The number of alkyl halides is 3. The van der Waals surface area contributed by atoms with Crippen molar-refractivity contribution in [2.24, 2.45) is 0 Å². The lowest BCUT2D eigenvalue weighted by Gasteiger charge is -2.23. The van der Waals surface area contributed by atoms with Gasteiger partial charge < -0.3 is 0 Å². The number of halogens is 4. The quantitative estimate of drug-likeness (QED) is 0.534. The third-order valence-electron chi connectivity index (χ3n) is 3.63. The van der Waals surface area contributed by atoms with Crippen molar-refractivity contribution in [1.82, 2.24) is 10.9 Å². The predicted molar refractivity (Wildman–Crippen MR) is 94.9 cm³/mol. The second kappa shape index (κ2) is 8.57. The zero-order valence-corrected chi connectivity index (χ0v) is 15.4. The summed E-state index contributed by atoms with van der Waals surface area (Å²) in [6, 6.07) is 11.9. The molecule has 2 aromatic rings. The first-order chi connectivity index (χ1) is 13.0. The molecule has 2 N–H and O–H groups in total.